The predicted molar refractivity (Wildman–Crippen MR) is 133 cm³/mol. The monoisotopic (exact) mass is 508 g/mol. The van der Waals surface area contributed by atoms with Crippen LogP contribution in [0.3, 0.4) is 0 Å². The molecule has 1 aliphatic rings. The highest BCUT2D eigenvalue weighted by Gasteiger charge is 2.30. The number of carbonyl (C=O) groups excluding carboxylic acids is 1. The molecule has 4 heterocycles. The first-order valence-electron chi connectivity index (χ1n) is 12.3. The van der Waals surface area contributed by atoms with Crippen LogP contribution < -0.4 is 5.56 Å². The molecule has 37 heavy (non-hydrogen) atoms. The summed E-state index contributed by atoms with van der Waals surface area (Å²) in [6, 6.07) is 7.67. The molecule has 5 rings (SSSR count). The van der Waals surface area contributed by atoms with Crippen LogP contribution in [-0.2, 0) is 11.2 Å². The fraction of sp³-hybridized carbons (Fsp3) is 0.423. The van der Waals surface area contributed by atoms with Gasteiger partial charge in [-0.1, -0.05) is 17.3 Å². The molecule has 1 amide bonds. The number of aryl methyl sites for hydroxylation is 1. The minimum Gasteiger partial charge on any atom is -0.444 e. The Morgan fingerprint density at radius 1 is 1.22 bits per heavy atom. The molecular weight excluding hydrogens is 479 g/mol. The lowest BCUT2D eigenvalue weighted by molar-refractivity contribution is 0.0203. The number of ether oxygens (including phenoxy) is 1. The molecule has 194 valence electrons. The van der Waals surface area contributed by atoms with Crippen molar-refractivity contribution in [2.45, 2.75) is 58.5 Å². The number of aromatic nitrogens is 5. The molecule has 3 aromatic heterocycles. The number of hydrogen-bond acceptors (Lipinski definition) is 7. The minimum atomic E-state index is -0.552. The van der Waals surface area contributed by atoms with Crippen molar-refractivity contribution in [2.24, 2.45) is 0 Å². The Labute approximate surface area is 212 Å². The molecule has 0 aliphatic carbocycles. The van der Waals surface area contributed by atoms with Gasteiger partial charge < -0.3 is 19.1 Å². The van der Waals surface area contributed by atoms with E-state index in [2.05, 4.69) is 20.2 Å². The number of H-pyrrole nitrogens is 1. The Morgan fingerprint density at radius 3 is 2.59 bits per heavy atom. The number of amides is 1. The highest BCUT2D eigenvalue weighted by atomic mass is 19.1. The maximum absolute atomic E-state index is 13.2. The normalized spacial score (nSPS) is 14.9. The molecule has 4 aromatic rings. The van der Waals surface area contributed by atoms with E-state index in [0.717, 1.165) is 11.3 Å². The highest BCUT2D eigenvalue weighted by Crippen LogP contribution is 2.32. The number of halogens is 1. The summed E-state index contributed by atoms with van der Waals surface area (Å²) in [5.74, 6) is 0.410. The van der Waals surface area contributed by atoms with E-state index in [4.69, 9.17) is 9.26 Å². The number of likely N-dealkylation sites (tertiary alicyclic amines) is 1. The SMILES string of the molecule is Cc1nn2c(C3CCN(C(=O)OC(C)(C)C)CC3)cc(=O)[nH]c2c1-c1nc(Cc2ccc(F)cc2)no1. The van der Waals surface area contributed by atoms with Gasteiger partial charge in [0.05, 0.1) is 11.4 Å². The largest absolute Gasteiger partial charge is 0.444 e. The van der Waals surface area contributed by atoms with Crippen LogP contribution in [0, 0.1) is 12.7 Å². The van der Waals surface area contributed by atoms with Crippen molar-refractivity contribution in [1.82, 2.24) is 29.6 Å². The lowest BCUT2D eigenvalue weighted by Gasteiger charge is -2.33. The number of aromatic amines is 1. The number of nitrogens with zero attached hydrogens (tertiary/aromatic N) is 5. The van der Waals surface area contributed by atoms with Crippen LogP contribution in [0.5, 0.6) is 0 Å². The molecule has 1 aromatic carbocycles. The smallest absolute Gasteiger partial charge is 0.410 e. The van der Waals surface area contributed by atoms with Gasteiger partial charge in [-0.25, -0.2) is 13.7 Å². The summed E-state index contributed by atoms with van der Waals surface area (Å²) in [4.78, 5) is 34.2. The van der Waals surface area contributed by atoms with Gasteiger partial charge in [0.1, 0.15) is 22.6 Å². The number of nitrogens with one attached hydrogen (secondary N) is 1. The van der Waals surface area contributed by atoms with E-state index in [-0.39, 0.29) is 29.3 Å². The maximum Gasteiger partial charge on any atom is 0.410 e. The van der Waals surface area contributed by atoms with E-state index >= 15 is 0 Å². The van der Waals surface area contributed by atoms with Crippen LogP contribution in [0.15, 0.2) is 39.6 Å². The average molecular weight is 509 g/mol. The summed E-state index contributed by atoms with van der Waals surface area (Å²) < 4.78 is 26.0. The molecule has 1 aliphatic heterocycles. The first-order chi connectivity index (χ1) is 17.6. The second-order valence-electron chi connectivity index (χ2n) is 10.3. The average Bonchev–Trinajstić information content (AvgIpc) is 3.42. The Hall–Kier alpha value is -4.02. The van der Waals surface area contributed by atoms with E-state index in [0.29, 0.717) is 55.1 Å². The molecule has 0 bridgehead atoms. The zero-order valence-electron chi connectivity index (χ0n) is 21.2. The van der Waals surface area contributed by atoms with Crippen LogP contribution in [-0.4, -0.2) is 54.4 Å². The molecular formula is C26H29FN6O4. The molecule has 0 atom stereocenters. The topological polar surface area (TPSA) is 119 Å². The van der Waals surface area contributed by atoms with Crippen molar-refractivity contribution in [3.05, 3.63) is 69.3 Å². The molecule has 10 nitrogen and oxygen atoms in total. The van der Waals surface area contributed by atoms with Crippen molar-refractivity contribution in [1.29, 1.82) is 0 Å². The zero-order valence-corrected chi connectivity index (χ0v) is 21.2. The summed E-state index contributed by atoms with van der Waals surface area (Å²) in [6.45, 7) is 8.40. The van der Waals surface area contributed by atoms with Crippen molar-refractivity contribution in [2.75, 3.05) is 13.1 Å². The zero-order chi connectivity index (χ0) is 26.3. The van der Waals surface area contributed by atoms with Gasteiger partial charge in [-0.05, 0) is 58.2 Å². The second kappa shape index (κ2) is 9.45. The second-order valence-corrected chi connectivity index (χ2v) is 10.3. The Bertz CT molecular complexity index is 1490. The molecule has 0 unspecified atom stereocenters. The summed E-state index contributed by atoms with van der Waals surface area (Å²) >= 11 is 0. The Kier molecular flexibility index (Phi) is 6.30. The molecule has 11 heteroatoms. The van der Waals surface area contributed by atoms with Gasteiger partial charge in [0, 0.05) is 31.5 Å². The number of piperidine rings is 1. The van der Waals surface area contributed by atoms with E-state index in [1.807, 2.05) is 27.7 Å². The van der Waals surface area contributed by atoms with Crippen molar-refractivity contribution < 1.29 is 18.4 Å². The van der Waals surface area contributed by atoms with E-state index < -0.39 is 5.60 Å². The molecule has 0 spiro atoms. The Morgan fingerprint density at radius 2 is 1.92 bits per heavy atom. The molecule has 1 saturated heterocycles. The predicted octanol–water partition coefficient (Wildman–Crippen LogP) is 4.23. The summed E-state index contributed by atoms with van der Waals surface area (Å²) in [5.41, 5.74) is 2.47. The van der Waals surface area contributed by atoms with Gasteiger partial charge in [0.25, 0.3) is 11.4 Å². The molecule has 1 fully saturated rings. The number of hydrogen-bond donors (Lipinski definition) is 1. The van der Waals surface area contributed by atoms with E-state index in [1.54, 1.807) is 27.6 Å². The van der Waals surface area contributed by atoms with Gasteiger partial charge in [0.15, 0.2) is 5.82 Å². The molecule has 0 radical (unpaired) electrons. The lowest BCUT2D eigenvalue weighted by atomic mass is 9.93. The fourth-order valence-electron chi connectivity index (χ4n) is 4.62. The third-order valence-corrected chi connectivity index (χ3v) is 6.35. The van der Waals surface area contributed by atoms with Crippen molar-refractivity contribution >= 4 is 11.7 Å². The van der Waals surface area contributed by atoms with Crippen LogP contribution in [0.25, 0.3) is 17.1 Å². The van der Waals surface area contributed by atoms with E-state index in [1.165, 1.54) is 12.1 Å². The summed E-state index contributed by atoms with van der Waals surface area (Å²) in [7, 11) is 0. The van der Waals surface area contributed by atoms with Crippen LogP contribution in [0.1, 0.15) is 62.3 Å². The molecule has 1 N–H and O–H groups in total. The first kappa shape index (κ1) is 24.7. The number of rotatable bonds is 4. The standard InChI is InChI=1S/C26H29FN6O4/c1-15-22(24-28-20(31-37-24)13-16-5-7-18(27)8-6-16)23-29-21(34)14-19(33(23)30-15)17-9-11-32(12-10-17)25(35)36-26(2,3)4/h5-8,14,17H,9-13H2,1-4H3,(H,29,34). The van der Waals surface area contributed by atoms with Gasteiger partial charge in [-0.2, -0.15) is 10.1 Å². The fourth-order valence-corrected chi connectivity index (χ4v) is 4.62. The van der Waals surface area contributed by atoms with Crippen LogP contribution >= 0.6 is 0 Å². The number of fused-ring (bicyclic) bond motifs is 1. The van der Waals surface area contributed by atoms with Crippen molar-refractivity contribution in [3.8, 4) is 11.5 Å². The third-order valence-electron chi connectivity index (χ3n) is 6.35. The van der Waals surface area contributed by atoms with Gasteiger partial charge in [-0.3, -0.25) is 4.79 Å². The maximum atomic E-state index is 13.2. The summed E-state index contributed by atoms with van der Waals surface area (Å²) in [5, 5.41) is 8.75. The van der Waals surface area contributed by atoms with Gasteiger partial charge in [-0.15, -0.1) is 0 Å². The van der Waals surface area contributed by atoms with Crippen LogP contribution in [0.4, 0.5) is 9.18 Å². The Balaban J connectivity index is 1.40. The lowest BCUT2D eigenvalue weighted by Crippen LogP contribution is -2.41. The third kappa shape index (κ3) is 5.25. The van der Waals surface area contributed by atoms with Crippen LogP contribution in [0.2, 0.25) is 0 Å². The number of benzene rings is 1. The highest BCUT2D eigenvalue weighted by molar-refractivity contribution is 5.74. The van der Waals surface area contributed by atoms with Crippen molar-refractivity contribution in [3.63, 3.8) is 0 Å². The van der Waals surface area contributed by atoms with E-state index in [9.17, 15) is 14.0 Å². The molecule has 0 saturated carbocycles. The van der Waals surface area contributed by atoms with Gasteiger partial charge >= 0.3 is 6.09 Å². The number of carbonyl (C=O) groups is 1. The summed E-state index contributed by atoms with van der Waals surface area (Å²) in [6.07, 6.45) is 1.40. The quantitative estimate of drug-likeness (QED) is 0.438. The minimum absolute atomic E-state index is 0.0346. The van der Waals surface area contributed by atoms with Gasteiger partial charge in [0.2, 0.25) is 0 Å². The first-order valence-corrected chi connectivity index (χ1v) is 12.3.